The molecule has 2 aliphatic heterocycles. The van der Waals surface area contributed by atoms with E-state index in [0.717, 1.165) is 5.56 Å². The number of Topliss-reactive ketones (excluding diaryl/α,β-unsaturated/α-hetero) is 1. The maximum atomic E-state index is 12.6. The molecule has 124 valence electrons. The molecule has 4 rings (SSSR count). The second-order valence-electron chi connectivity index (χ2n) is 5.56. The van der Waals surface area contributed by atoms with Crippen molar-refractivity contribution in [2.75, 3.05) is 13.4 Å². The van der Waals surface area contributed by atoms with Crippen LogP contribution < -0.4 is 18.9 Å². The van der Waals surface area contributed by atoms with Crippen LogP contribution in [0.4, 0.5) is 0 Å². The summed E-state index contributed by atoms with van der Waals surface area (Å²) in [6, 6.07) is 10.7. The molecule has 0 N–H and O–H groups in total. The Bertz CT molecular complexity index is 955. The van der Waals surface area contributed by atoms with E-state index in [1.807, 2.05) is 12.1 Å². The zero-order chi connectivity index (χ0) is 17.4. The van der Waals surface area contributed by atoms with Gasteiger partial charge in [0.1, 0.15) is 17.6 Å². The fraction of sp³-hybridized carbons (Fsp3) is 0.158. The molecule has 0 saturated carbocycles. The number of nitrogens with zero attached hydrogens (tertiary/aromatic N) is 1. The van der Waals surface area contributed by atoms with Gasteiger partial charge in [0, 0.05) is 5.56 Å². The SMILES string of the molecule is Cc1c(OCC#N)ccc2c1O/C(=C\c1ccc3c(c1)OCO3)C2=O. The van der Waals surface area contributed by atoms with Crippen LogP contribution in [0.5, 0.6) is 23.0 Å². The average molecular weight is 335 g/mol. The third-order valence-electron chi connectivity index (χ3n) is 4.02. The highest BCUT2D eigenvalue weighted by Crippen LogP contribution is 2.40. The van der Waals surface area contributed by atoms with Gasteiger partial charge in [-0.05, 0) is 42.8 Å². The monoisotopic (exact) mass is 335 g/mol. The lowest BCUT2D eigenvalue weighted by atomic mass is 10.1. The molecule has 2 aromatic rings. The first-order chi connectivity index (χ1) is 12.2. The first-order valence-electron chi connectivity index (χ1n) is 7.64. The molecule has 0 saturated heterocycles. The van der Waals surface area contributed by atoms with Gasteiger partial charge >= 0.3 is 0 Å². The van der Waals surface area contributed by atoms with Crippen molar-refractivity contribution in [3.63, 3.8) is 0 Å². The van der Waals surface area contributed by atoms with Crippen molar-refractivity contribution in [3.8, 4) is 29.1 Å². The number of fused-ring (bicyclic) bond motifs is 2. The topological polar surface area (TPSA) is 77.8 Å². The van der Waals surface area contributed by atoms with Gasteiger partial charge in [-0.2, -0.15) is 5.26 Å². The molecule has 0 bridgehead atoms. The van der Waals surface area contributed by atoms with Gasteiger partial charge < -0.3 is 18.9 Å². The van der Waals surface area contributed by atoms with E-state index in [-0.39, 0.29) is 24.9 Å². The summed E-state index contributed by atoms with van der Waals surface area (Å²) in [7, 11) is 0. The number of ether oxygens (including phenoxy) is 4. The molecule has 0 spiro atoms. The summed E-state index contributed by atoms with van der Waals surface area (Å²) in [5.74, 6) is 2.35. The number of nitriles is 1. The Morgan fingerprint density at radius 2 is 2.08 bits per heavy atom. The maximum Gasteiger partial charge on any atom is 0.231 e. The van der Waals surface area contributed by atoms with E-state index in [2.05, 4.69) is 0 Å². The van der Waals surface area contributed by atoms with E-state index in [9.17, 15) is 4.79 Å². The molecule has 0 fully saturated rings. The molecule has 0 aliphatic carbocycles. The van der Waals surface area contributed by atoms with Crippen LogP contribution in [0.1, 0.15) is 21.5 Å². The average Bonchev–Trinajstić information content (AvgIpc) is 3.20. The van der Waals surface area contributed by atoms with Crippen LogP contribution in [-0.2, 0) is 0 Å². The van der Waals surface area contributed by atoms with Crippen molar-refractivity contribution < 1.29 is 23.7 Å². The standard InChI is InChI=1S/C19H13NO5/c1-11-14(22-7-6-20)5-3-13-18(21)17(25-19(11)13)9-12-2-4-15-16(8-12)24-10-23-15/h2-5,8-9H,7,10H2,1H3/b17-9-. The summed E-state index contributed by atoms with van der Waals surface area (Å²) in [6.07, 6.45) is 1.67. The smallest absolute Gasteiger partial charge is 0.231 e. The number of carbonyl (C=O) groups excluding carboxylic acids is 1. The fourth-order valence-corrected chi connectivity index (χ4v) is 2.79. The molecular weight excluding hydrogens is 322 g/mol. The minimum Gasteiger partial charge on any atom is -0.478 e. The molecule has 6 heteroatoms. The summed E-state index contributed by atoms with van der Waals surface area (Å²) >= 11 is 0. The molecule has 6 nitrogen and oxygen atoms in total. The molecule has 0 aromatic heterocycles. The third-order valence-corrected chi connectivity index (χ3v) is 4.02. The second kappa shape index (κ2) is 5.87. The van der Waals surface area contributed by atoms with Gasteiger partial charge in [0.15, 0.2) is 23.9 Å². The van der Waals surface area contributed by atoms with Gasteiger partial charge in [-0.15, -0.1) is 0 Å². The molecule has 25 heavy (non-hydrogen) atoms. The van der Waals surface area contributed by atoms with Crippen LogP contribution in [0.15, 0.2) is 36.1 Å². The number of hydrogen-bond acceptors (Lipinski definition) is 6. The first kappa shape index (κ1) is 15.1. The van der Waals surface area contributed by atoms with Crippen LogP contribution in [0, 0.1) is 18.3 Å². The first-order valence-corrected chi connectivity index (χ1v) is 7.64. The van der Waals surface area contributed by atoms with Crippen molar-refractivity contribution in [1.82, 2.24) is 0 Å². The Labute approximate surface area is 143 Å². The molecular formula is C19H13NO5. The lowest BCUT2D eigenvalue weighted by Crippen LogP contribution is -1.98. The predicted octanol–water partition coefficient (Wildman–Crippen LogP) is 3.24. The zero-order valence-corrected chi connectivity index (χ0v) is 13.4. The van der Waals surface area contributed by atoms with Gasteiger partial charge in [-0.3, -0.25) is 4.79 Å². The minimum atomic E-state index is -0.192. The maximum absolute atomic E-state index is 12.6. The predicted molar refractivity (Wildman–Crippen MR) is 87.8 cm³/mol. The highest BCUT2D eigenvalue weighted by Gasteiger charge is 2.30. The van der Waals surface area contributed by atoms with E-state index in [1.165, 1.54) is 0 Å². The van der Waals surface area contributed by atoms with E-state index in [0.29, 0.717) is 34.1 Å². The van der Waals surface area contributed by atoms with Crippen molar-refractivity contribution >= 4 is 11.9 Å². The number of allylic oxidation sites excluding steroid dienone is 1. The van der Waals surface area contributed by atoms with Crippen LogP contribution >= 0.6 is 0 Å². The Morgan fingerprint density at radius 1 is 1.24 bits per heavy atom. The summed E-state index contributed by atoms with van der Waals surface area (Å²) in [6.45, 7) is 1.93. The zero-order valence-electron chi connectivity index (χ0n) is 13.4. The normalized spacial score (nSPS) is 15.7. The molecule has 2 aromatic carbocycles. The minimum absolute atomic E-state index is 0.0620. The number of rotatable bonds is 3. The number of hydrogen-bond donors (Lipinski definition) is 0. The molecule has 2 heterocycles. The molecule has 0 amide bonds. The quantitative estimate of drug-likeness (QED) is 0.801. The summed E-state index contributed by atoms with van der Waals surface area (Å²) < 4.78 is 21.7. The summed E-state index contributed by atoms with van der Waals surface area (Å²) in [5, 5.41) is 8.64. The van der Waals surface area contributed by atoms with E-state index < -0.39 is 0 Å². The van der Waals surface area contributed by atoms with Gasteiger partial charge in [0.05, 0.1) is 5.56 Å². The molecule has 0 radical (unpaired) electrons. The van der Waals surface area contributed by atoms with Gasteiger partial charge in [-0.1, -0.05) is 6.07 Å². The van der Waals surface area contributed by atoms with Crippen LogP contribution in [0.25, 0.3) is 6.08 Å². The third kappa shape index (κ3) is 2.56. The number of carbonyl (C=O) groups is 1. The lowest BCUT2D eigenvalue weighted by Gasteiger charge is -2.08. The Balaban J connectivity index is 1.66. The van der Waals surface area contributed by atoms with Crippen molar-refractivity contribution in [3.05, 3.63) is 52.8 Å². The Kier molecular flexibility index (Phi) is 3.55. The van der Waals surface area contributed by atoms with Gasteiger partial charge in [-0.25, -0.2) is 0 Å². The number of benzene rings is 2. The van der Waals surface area contributed by atoms with Crippen molar-refractivity contribution in [2.24, 2.45) is 0 Å². The Morgan fingerprint density at radius 3 is 2.92 bits per heavy atom. The highest BCUT2D eigenvalue weighted by molar-refractivity contribution is 6.15. The molecule has 0 atom stereocenters. The molecule has 0 unspecified atom stereocenters. The van der Waals surface area contributed by atoms with Crippen LogP contribution in [0.2, 0.25) is 0 Å². The largest absolute Gasteiger partial charge is 0.478 e. The Hall–Kier alpha value is -3.46. The van der Waals surface area contributed by atoms with Crippen molar-refractivity contribution in [2.45, 2.75) is 6.92 Å². The van der Waals surface area contributed by atoms with Crippen molar-refractivity contribution in [1.29, 1.82) is 5.26 Å². The van der Waals surface area contributed by atoms with E-state index in [4.69, 9.17) is 24.2 Å². The van der Waals surface area contributed by atoms with Crippen LogP contribution in [0.3, 0.4) is 0 Å². The van der Waals surface area contributed by atoms with Gasteiger partial charge in [0.25, 0.3) is 0 Å². The van der Waals surface area contributed by atoms with Gasteiger partial charge in [0.2, 0.25) is 12.6 Å². The van der Waals surface area contributed by atoms with E-state index >= 15 is 0 Å². The number of ketones is 1. The molecule has 2 aliphatic rings. The fourth-order valence-electron chi connectivity index (χ4n) is 2.79. The summed E-state index contributed by atoms with van der Waals surface area (Å²) in [5.41, 5.74) is 1.95. The van der Waals surface area contributed by atoms with Crippen LogP contribution in [-0.4, -0.2) is 19.2 Å². The second-order valence-corrected chi connectivity index (χ2v) is 5.56. The lowest BCUT2D eigenvalue weighted by molar-refractivity contribution is 0.101. The van der Waals surface area contributed by atoms with E-state index in [1.54, 1.807) is 37.3 Å². The summed E-state index contributed by atoms with van der Waals surface area (Å²) in [4.78, 5) is 12.6. The highest BCUT2D eigenvalue weighted by atomic mass is 16.7.